The molecule has 1 fully saturated rings. The van der Waals surface area contributed by atoms with Crippen molar-refractivity contribution in [2.45, 2.75) is 19.4 Å². The van der Waals surface area contributed by atoms with E-state index in [1.54, 1.807) is 41.3 Å². The van der Waals surface area contributed by atoms with Crippen LogP contribution in [0, 0.1) is 6.92 Å². The lowest BCUT2D eigenvalue weighted by atomic mass is 9.97. The highest BCUT2D eigenvalue weighted by Crippen LogP contribution is 2.33. The van der Waals surface area contributed by atoms with Crippen LogP contribution in [0.1, 0.15) is 39.5 Å². The fourth-order valence-corrected chi connectivity index (χ4v) is 5.34. The molecule has 0 N–H and O–H groups in total. The molecule has 2 aliphatic heterocycles. The number of hydrogen-bond acceptors (Lipinski definition) is 6. The summed E-state index contributed by atoms with van der Waals surface area (Å²) in [7, 11) is 1.63. The molecular formula is C32H35ClN4O4. The Bertz CT molecular complexity index is 1390. The van der Waals surface area contributed by atoms with Crippen LogP contribution >= 0.6 is 11.6 Å². The summed E-state index contributed by atoms with van der Waals surface area (Å²) >= 11 is 6.40. The summed E-state index contributed by atoms with van der Waals surface area (Å²) in [6.45, 7) is 5.84. The lowest BCUT2D eigenvalue weighted by Gasteiger charge is -2.31. The second-order valence-electron chi connectivity index (χ2n) is 10.3. The monoisotopic (exact) mass is 574 g/mol. The van der Waals surface area contributed by atoms with Gasteiger partial charge in [0, 0.05) is 32.6 Å². The molecule has 41 heavy (non-hydrogen) atoms. The molecule has 3 aromatic rings. The van der Waals surface area contributed by atoms with Crippen LogP contribution in [0.5, 0.6) is 5.75 Å². The van der Waals surface area contributed by atoms with Crippen molar-refractivity contribution in [2.24, 2.45) is 5.10 Å². The molecule has 0 saturated carbocycles. The number of hydrazone groups is 1. The zero-order chi connectivity index (χ0) is 28.8. The number of rotatable bonds is 9. The second kappa shape index (κ2) is 13.3. The van der Waals surface area contributed by atoms with Crippen LogP contribution in [-0.4, -0.2) is 85.4 Å². The zero-order valence-corrected chi connectivity index (χ0v) is 24.2. The van der Waals surface area contributed by atoms with Crippen molar-refractivity contribution in [1.29, 1.82) is 0 Å². The van der Waals surface area contributed by atoms with E-state index in [1.807, 2.05) is 55.5 Å². The summed E-state index contributed by atoms with van der Waals surface area (Å²) in [5.74, 6) is 0.230. The van der Waals surface area contributed by atoms with E-state index in [0.29, 0.717) is 43.3 Å². The largest absolute Gasteiger partial charge is 0.497 e. The van der Waals surface area contributed by atoms with Crippen molar-refractivity contribution >= 4 is 29.1 Å². The van der Waals surface area contributed by atoms with Gasteiger partial charge in [0.2, 0.25) is 0 Å². The number of methoxy groups -OCH3 is 1. The molecule has 0 unspecified atom stereocenters. The highest BCUT2D eigenvalue weighted by Gasteiger charge is 2.35. The van der Waals surface area contributed by atoms with Crippen LogP contribution in [0.3, 0.4) is 0 Å². The Morgan fingerprint density at radius 2 is 1.73 bits per heavy atom. The Morgan fingerprint density at radius 3 is 2.41 bits per heavy atom. The molecule has 214 valence electrons. The van der Waals surface area contributed by atoms with Gasteiger partial charge in [-0.1, -0.05) is 53.6 Å². The summed E-state index contributed by atoms with van der Waals surface area (Å²) in [5, 5.41) is 6.72. The quantitative estimate of drug-likeness (QED) is 0.367. The van der Waals surface area contributed by atoms with Crippen LogP contribution in [0.15, 0.2) is 77.9 Å². The Kier molecular flexibility index (Phi) is 9.34. The maximum Gasteiger partial charge on any atom is 0.262 e. The number of morpholine rings is 1. The summed E-state index contributed by atoms with van der Waals surface area (Å²) < 4.78 is 10.8. The summed E-state index contributed by atoms with van der Waals surface area (Å²) in [4.78, 5) is 31.5. The predicted molar refractivity (Wildman–Crippen MR) is 160 cm³/mol. The van der Waals surface area contributed by atoms with Gasteiger partial charge < -0.3 is 14.4 Å². The van der Waals surface area contributed by atoms with E-state index in [1.165, 1.54) is 0 Å². The minimum Gasteiger partial charge on any atom is -0.497 e. The SMILES string of the molecule is COc1ccc(C2=NN(C(=O)CN(CCN3CCOCC3)C(=O)c3ccccc3Cl)[C@@H](c3ccc(C)cc3)C2)cc1. The number of carbonyl (C=O) groups excluding carboxylic acids is 2. The van der Waals surface area contributed by atoms with Gasteiger partial charge in [0.15, 0.2) is 0 Å². The van der Waals surface area contributed by atoms with Crippen molar-refractivity contribution < 1.29 is 19.1 Å². The maximum atomic E-state index is 14.0. The molecule has 1 saturated heterocycles. The highest BCUT2D eigenvalue weighted by molar-refractivity contribution is 6.33. The first kappa shape index (κ1) is 28.8. The van der Waals surface area contributed by atoms with Crippen LogP contribution < -0.4 is 4.74 Å². The topological polar surface area (TPSA) is 74.7 Å². The van der Waals surface area contributed by atoms with Crippen molar-refractivity contribution in [2.75, 3.05) is 53.0 Å². The van der Waals surface area contributed by atoms with E-state index < -0.39 is 0 Å². The van der Waals surface area contributed by atoms with Gasteiger partial charge in [0.05, 0.1) is 42.7 Å². The Morgan fingerprint density at radius 1 is 1.02 bits per heavy atom. The summed E-state index contributed by atoms with van der Waals surface area (Å²) in [6, 6.07) is 22.5. The average molecular weight is 575 g/mol. The first-order valence-electron chi connectivity index (χ1n) is 13.9. The standard InChI is InChI=1S/C32H35ClN4O4/c1-23-7-9-25(10-8-23)30-21-29(24-11-13-26(40-2)14-12-24)34-37(30)31(38)22-36(16-15-35-17-19-41-20-18-35)32(39)27-5-3-4-6-28(27)33/h3-14,30H,15-22H2,1-2H3/t30-/m1/s1. The van der Waals surface area contributed by atoms with E-state index >= 15 is 0 Å². The van der Waals surface area contributed by atoms with E-state index in [2.05, 4.69) is 4.90 Å². The molecule has 3 aromatic carbocycles. The molecular weight excluding hydrogens is 540 g/mol. The molecule has 0 bridgehead atoms. The number of hydrogen-bond donors (Lipinski definition) is 0. The molecule has 9 heteroatoms. The number of carbonyl (C=O) groups is 2. The second-order valence-corrected chi connectivity index (χ2v) is 10.7. The van der Waals surface area contributed by atoms with Gasteiger partial charge in [-0.05, 0) is 54.4 Å². The molecule has 0 radical (unpaired) electrons. The normalized spacial score (nSPS) is 17.3. The zero-order valence-electron chi connectivity index (χ0n) is 23.5. The van der Waals surface area contributed by atoms with Crippen LogP contribution in [0.2, 0.25) is 5.02 Å². The highest BCUT2D eigenvalue weighted by atomic mass is 35.5. The predicted octanol–water partition coefficient (Wildman–Crippen LogP) is 4.81. The van der Waals surface area contributed by atoms with Crippen molar-refractivity contribution in [3.63, 3.8) is 0 Å². The van der Waals surface area contributed by atoms with Crippen molar-refractivity contribution in [1.82, 2.24) is 14.8 Å². The minimum atomic E-state index is -0.281. The first-order chi connectivity index (χ1) is 19.9. The molecule has 5 rings (SSSR count). The third-order valence-electron chi connectivity index (χ3n) is 7.56. The number of aryl methyl sites for hydroxylation is 1. The molecule has 2 aliphatic rings. The van der Waals surface area contributed by atoms with Gasteiger partial charge in [-0.3, -0.25) is 14.5 Å². The molecule has 0 spiro atoms. The van der Waals surface area contributed by atoms with Gasteiger partial charge in [-0.2, -0.15) is 5.10 Å². The first-order valence-corrected chi connectivity index (χ1v) is 14.2. The Hall–Kier alpha value is -3.72. The Balaban J connectivity index is 1.42. The summed E-state index contributed by atoms with van der Waals surface area (Å²) in [6.07, 6.45) is 0.563. The summed E-state index contributed by atoms with van der Waals surface area (Å²) in [5.41, 5.74) is 4.25. The van der Waals surface area contributed by atoms with Crippen LogP contribution in [0.4, 0.5) is 0 Å². The lowest BCUT2D eigenvalue weighted by molar-refractivity contribution is -0.133. The molecule has 1 atom stereocenters. The molecule has 2 heterocycles. The fourth-order valence-electron chi connectivity index (χ4n) is 5.13. The smallest absolute Gasteiger partial charge is 0.262 e. The van der Waals surface area contributed by atoms with Crippen LogP contribution in [0.25, 0.3) is 0 Å². The van der Waals surface area contributed by atoms with Crippen LogP contribution in [-0.2, 0) is 9.53 Å². The number of amides is 2. The number of nitrogens with zero attached hydrogens (tertiary/aromatic N) is 4. The van der Waals surface area contributed by atoms with Gasteiger partial charge in [-0.25, -0.2) is 5.01 Å². The number of ether oxygens (including phenoxy) is 2. The van der Waals surface area contributed by atoms with E-state index in [0.717, 1.165) is 41.2 Å². The van der Waals surface area contributed by atoms with Crippen molar-refractivity contribution in [3.05, 3.63) is 100 Å². The van der Waals surface area contributed by atoms with Gasteiger partial charge in [0.1, 0.15) is 12.3 Å². The number of benzene rings is 3. The lowest BCUT2D eigenvalue weighted by Crippen LogP contribution is -2.46. The maximum absolute atomic E-state index is 14.0. The average Bonchev–Trinajstić information content (AvgIpc) is 3.46. The third kappa shape index (κ3) is 6.96. The molecule has 2 amide bonds. The van der Waals surface area contributed by atoms with E-state index in [9.17, 15) is 9.59 Å². The third-order valence-corrected chi connectivity index (χ3v) is 7.89. The minimum absolute atomic E-state index is 0.115. The van der Waals surface area contributed by atoms with Gasteiger partial charge in [-0.15, -0.1) is 0 Å². The fraction of sp³-hybridized carbons (Fsp3) is 0.344. The van der Waals surface area contributed by atoms with Gasteiger partial charge >= 0.3 is 0 Å². The molecule has 0 aliphatic carbocycles. The molecule has 0 aromatic heterocycles. The van der Waals surface area contributed by atoms with Crippen molar-refractivity contribution in [3.8, 4) is 5.75 Å². The van der Waals surface area contributed by atoms with E-state index in [4.69, 9.17) is 26.2 Å². The van der Waals surface area contributed by atoms with Gasteiger partial charge in [0.25, 0.3) is 11.8 Å². The van der Waals surface area contributed by atoms with E-state index in [-0.39, 0.29) is 24.4 Å². The number of halogens is 1. The molecule has 8 nitrogen and oxygen atoms in total. The Labute approximate surface area is 246 Å².